The number of imidazole rings is 1. The van der Waals surface area contributed by atoms with E-state index in [0.717, 1.165) is 6.07 Å². The third-order valence-corrected chi connectivity index (χ3v) is 5.98. The third kappa shape index (κ3) is 3.63. The van der Waals surface area contributed by atoms with Crippen molar-refractivity contribution in [2.45, 2.75) is 20.0 Å². The van der Waals surface area contributed by atoms with Crippen LogP contribution in [0.3, 0.4) is 0 Å². The normalized spacial score (nSPS) is 12.1. The summed E-state index contributed by atoms with van der Waals surface area (Å²) < 4.78 is 45.8. The second kappa shape index (κ2) is 7.97. The molecule has 0 amide bonds. The molecule has 0 radical (unpaired) electrons. The number of nitrogens with one attached hydrogen (secondary N) is 1. The lowest BCUT2D eigenvalue weighted by Crippen LogP contribution is -2.21. The van der Waals surface area contributed by atoms with Gasteiger partial charge in [-0.05, 0) is 37.6 Å². The number of aryl methyl sites for hydroxylation is 3. The van der Waals surface area contributed by atoms with Crippen LogP contribution in [0.25, 0.3) is 38.8 Å². The Kier molecular flexibility index (Phi) is 5.15. The van der Waals surface area contributed by atoms with E-state index in [-0.39, 0.29) is 11.5 Å². The van der Waals surface area contributed by atoms with Gasteiger partial charge in [0.25, 0.3) is 0 Å². The second-order valence-electron chi connectivity index (χ2n) is 8.32. The van der Waals surface area contributed by atoms with E-state index >= 15 is 0 Å². The van der Waals surface area contributed by atoms with Gasteiger partial charge in [-0.1, -0.05) is 6.07 Å². The molecule has 1 N–H and O–H groups in total. The Balaban J connectivity index is 1.80. The van der Waals surface area contributed by atoms with Crippen LogP contribution < -0.4 is 11.0 Å². The highest BCUT2D eigenvalue weighted by atomic mass is 19.4. The fourth-order valence-electron chi connectivity index (χ4n) is 4.35. The van der Waals surface area contributed by atoms with Gasteiger partial charge in [0.1, 0.15) is 5.82 Å². The fraction of sp³-hybridized carbons (Fsp3) is 0.250. The van der Waals surface area contributed by atoms with E-state index in [1.807, 2.05) is 6.92 Å². The van der Waals surface area contributed by atoms with E-state index in [9.17, 15) is 18.0 Å². The van der Waals surface area contributed by atoms with Crippen molar-refractivity contribution in [3.8, 4) is 16.8 Å². The smallest absolute Gasteiger partial charge is 0.370 e. The summed E-state index contributed by atoms with van der Waals surface area (Å²) in [6, 6.07) is 6.26. The maximum absolute atomic E-state index is 13.7. The quantitative estimate of drug-likeness (QED) is 0.411. The molecule has 1 aromatic carbocycles. The zero-order chi connectivity index (χ0) is 25.1. The number of hydrogen-bond acceptors (Lipinski definition) is 5. The molecule has 5 aromatic rings. The van der Waals surface area contributed by atoms with Crippen LogP contribution in [0.1, 0.15) is 18.2 Å². The van der Waals surface area contributed by atoms with Crippen LogP contribution in [-0.2, 0) is 20.3 Å². The van der Waals surface area contributed by atoms with Crippen LogP contribution in [0.5, 0.6) is 0 Å². The number of hydrogen-bond donors (Lipinski definition) is 1. The maximum atomic E-state index is 13.7. The second-order valence-corrected chi connectivity index (χ2v) is 8.32. The van der Waals surface area contributed by atoms with Crippen LogP contribution in [0.2, 0.25) is 0 Å². The number of rotatable bonds is 4. The number of pyridine rings is 2. The van der Waals surface area contributed by atoms with Crippen LogP contribution in [0, 0.1) is 6.92 Å². The minimum atomic E-state index is -4.57. The van der Waals surface area contributed by atoms with Crippen LogP contribution in [0.15, 0.2) is 47.7 Å². The van der Waals surface area contributed by atoms with Gasteiger partial charge in [0, 0.05) is 44.0 Å². The zero-order valence-corrected chi connectivity index (χ0v) is 19.5. The van der Waals surface area contributed by atoms with E-state index in [1.54, 1.807) is 60.9 Å². The Morgan fingerprint density at radius 1 is 1.06 bits per heavy atom. The lowest BCUT2D eigenvalue weighted by Gasteiger charge is -2.14. The summed E-state index contributed by atoms with van der Waals surface area (Å²) >= 11 is 0. The molecule has 0 saturated heterocycles. The van der Waals surface area contributed by atoms with Crippen molar-refractivity contribution in [1.29, 1.82) is 0 Å². The lowest BCUT2D eigenvalue weighted by atomic mass is 10.0. The predicted octanol–water partition coefficient (Wildman–Crippen LogP) is 4.43. The Labute approximate surface area is 197 Å². The maximum Gasteiger partial charge on any atom is 0.419 e. The first-order valence-electron chi connectivity index (χ1n) is 10.9. The Hall–Kier alpha value is -4.15. The number of halogens is 3. The minimum absolute atomic E-state index is 0.211. The van der Waals surface area contributed by atoms with Gasteiger partial charge in [0.15, 0.2) is 0 Å². The van der Waals surface area contributed by atoms with E-state index < -0.39 is 11.7 Å². The van der Waals surface area contributed by atoms with Crippen molar-refractivity contribution in [2.24, 2.45) is 14.1 Å². The average Bonchev–Trinajstić information content (AvgIpc) is 3.27. The van der Waals surface area contributed by atoms with Crippen molar-refractivity contribution in [2.75, 3.05) is 11.9 Å². The summed E-state index contributed by atoms with van der Waals surface area (Å²) in [6.07, 6.45) is 0.218. The largest absolute Gasteiger partial charge is 0.419 e. The summed E-state index contributed by atoms with van der Waals surface area (Å²) in [7, 11) is 3.43. The van der Waals surface area contributed by atoms with Gasteiger partial charge in [-0.15, -0.1) is 0 Å². The van der Waals surface area contributed by atoms with Gasteiger partial charge in [-0.2, -0.15) is 18.3 Å². The van der Waals surface area contributed by atoms with Crippen LogP contribution in [0.4, 0.5) is 19.0 Å². The van der Waals surface area contributed by atoms with Gasteiger partial charge in [-0.3, -0.25) is 18.8 Å². The van der Waals surface area contributed by atoms with Crippen molar-refractivity contribution in [3.63, 3.8) is 0 Å². The molecular formula is C24H22F3N7O. The van der Waals surface area contributed by atoms with Gasteiger partial charge in [0.2, 0.25) is 0 Å². The molecule has 8 nitrogen and oxygen atoms in total. The molecule has 0 aliphatic rings. The SMILES string of the molecule is CCNc1ncc(-c2ccc3ncc4c(c3c2)n(-c2cn(C)nc2C)c(=O)n4C)cc1C(F)(F)F. The summed E-state index contributed by atoms with van der Waals surface area (Å²) in [5.41, 5.74) is 2.82. The number of fused-ring (bicyclic) bond motifs is 3. The molecule has 0 atom stereocenters. The summed E-state index contributed by atoms with van der Waals surface area (Å²) in [5.74, 6) is -0.211. The molecule has 0 unspecified atom stereocenters. The Bertz CT molecular complexity index is 1660. The highest BCUT2D eigenvalue weighted by Gasteiger charge is 2.34. The predicted molar refractivity (Wildman–Crippen MR) is 128 cm³/mol. The standard InChI is InChI=1S/C24H22F3N7O/c1-5-28-22-17(24(25,26)27)9-15(10-30-22)14-6-7-18-16(8-14)21-19(11-29-18)33(4)23(35)34(21)20-12-32(3)31-13(20)2/h6-12H,5H2,1-4H3,(H,28,30). The van der Waals surface area contributed by atoms with Gasteiger partial charge >= 0.3 is 11.9 Å². The van der Waals surface area contributed by atoms with Crippen molar-refractivity contribution < 1.29 is 13.2 Å². The monoisotopic (exact) mass is 481 g/mol. The molecule has 180 valence electrons. The number of nitrogens with zero attached hydrogens (tertiary/aromatic N) is 6. The Morgan fingerprint density at radius 3 is 2.49 bits per heavy atom. The third-order valence-electron chi connectivity index (χ3n) is 5.98. The molecule has 5 rings (SSSR count). The molecule has 0 spiro atoms. The zero-order valence-electron chi connectivity index (χ0n) is 19.5. The Morgan fingerprint density at radius 2 is 1.83 bits per heavy atom. The van der Waals surface area contributed by atoms with Gasteiger partial charge < -0.3 is 5.32 Å². The average molecular weight is 481 g/mol. The minimum Gasteiger partial charge on any atom is -0.370 e. The van der Waals surface area contributed by atoms with Crippen LogP contribution >= 0.6 is 0 Å². The van der Waals surface area contributed by atoms with Crippen molar-refractivity contribution in [3.05, 3.63) is 64.6 Å². The van der Waals surface area contributed by atoms with E-state index in [1.165, 1.54) is 10.8 Å². The topological polar surface area (TPSA) is 82.6 Å². The molecule has 0 aliphatic carbocycles. The molecule has 35 heavy (non-hydrogen) atoms. The number of benzene rings is 1. The number of anilines is 1. The first-order valence-corrected chi connectivity index (χ1v) is 10.9. The van der Waals surface area contributed by atoms with Gasteiger partial charge in [0.05, 0.1) is 39.7 Å². The fourth-order valence-corrected chi connectivity index (χ4v) is 4.35. The highest BCUT2D eigenvalue weighted by molar-refractivity contribution is 6.04. The van der Waals surface area contributed by atoms with Crippen molar-refractivity contribution >= 4 is 27.8 Å². The molecule has 0 aliphatic heterocycles. The molecule has 4 aromatic heterocycles. The first kappa shape index (κ1) is 22.6. The summed E-state index contributed by atoms with van der Waals surface area (Å²) in [4.78, 5) is 21.7. The molecule has 4 heterocycles. The molecule has 0 bridgehead atoms. The molecule has 0 fully saturated rings. The summed E-state index contributed by atoms with van der Waals surface area (Å²) in [6.45, 7) is 3.83. The summed E-state index contributed by atoms with van der Waals surface area (Å²) in [5, 5.41) is 7.65. The van der Waals surface area contributed by atoms with E-state index in [4.69, 9.17) is 0 Å². The number of aromatic nitrogens is 6. The van der Waals surface area contributed by atoms with Gasteiger partial charge in [-0.25, -0.2) is 9.78 Å². The molecule has 0 saturated carbocycles. The molecular weight excluding hydrogens is 459 g/mol. The van der Waals surface area contributed by atoms with Crippen molar-refractivity contribution in [1.82, 2.24) is 28.9 Å². The number of alkyl halides is 3. The first-order chi connectivity index (χ1) is 16.6. The lowest BCUT2D eigenvalue weighted by molar-refractivity contribution is -0.137. The van der Waals surface area contributed by atoms with E-state index in [0.29, 0.717) is 51.0 Å². The highest BCUT2D eigenvalue weighted by Crippen LogP contribution is 2.37. The molecule has 11 heteroatoms. The van der Waals surface area contributed by atoms with E-state index in [2.05, 4.69) is 20.4 Å². The van der Waals surface area contributed by atoms with Crippen LogP contribution in [-0.4, -0.2) is 35.4 Å².